The molecule has 1 heterocycles. The highest BCUT2D eigenvalue weighted by atomic mass is 35.5. The third-order valence-electron chi connectivity index (χ3n) is 4.19. The molecule has 4 nitrogen and oxygen atoms in total. The van der Waals surface area contributed by atoms with Gasteiger partial charge in [0.15, 0.2) is 0 Å². The van der Waals surface area contributed by atoms with Crippen molar-refractivity contribution in [2.45, 2.75) is 24.1 Å². The molecule has 0 saturated carbocycles. The lowest BCUT2D eigenvalue weighted by atomic mass is 10.0. The van der Waals surface area contributed by atoms with Crippen LogP contribution in [0.2, 0.25) is 5.02 Å². The molecule has 0 radical (unpaired) electrons. The molecule has 148 valence electrons. The molecule has 1 N–H and O–H groups in total. The van der Waals surface area contributed by atoms with Crippen LogP contribution in [0.5, 0.6) is 0 Å². The zero-order valence-electron chi connectivity index (χ0n) is 14.5. The average Bonchev–Trinajstić information content (AvgIpc) is 3.02. The van der Waals surface area contributed by atoms with E-state index in [4.69, 9.17) is 11.6 Å². The Morgan fingerprint density at radius 1 is 1.18 bits per heavy atom. The minimum Gasteiger partial charge on any atom is -0.362 e. The predicted octanol–water partition coefficient (Wildman–Crippen LogP) is 4.46. The van der Waals surface area contributed by atoms with E-state index in [1.54, 1.807) is 0 Å². The van der Waals surface area contributed by atoms with Gasteiger partial charge in [0.05, 0.1) is 17.9 Å². The molecule has 1 aliphatic heterocycles. The molecule has 0 unspecified atom stereocenters. The number of nitrogens with zero attached hydrogens (tertiary/aromatic N) is 2. The molecule has 0 aromatic heterocycles. The summed E-state index contributed by atoms with van der Waals surface area (Å²) in [6.07, 6.45) is -5.89. The summed E-state index contributed by atoms with van der Waals surface area (Å²) in [5, 5.41) is 14.7. The Bertz CT molecular complexity index is 875. The molecule has 3 rings (SSSR count). The third kappa shape index (κ3) is 4.34. The second-order valence-electron chi connectivity index (χ2n) is 6.23. The maximum Gasteiger partial charge on any atom is 0.438 e. The molecule has 0 bridgehead atoms. The van der Waals surface area contributed by atoms with E-state index in [9.17, 15) is 23.1 Å². The molecule has 0 aliphatic carbocycles. The molecule has 2 aromatic rings. The minimum absolute atomic E-state index is 0.0297. The molecule has 1 atom stereocenters. The highest BCUT2D eigenvalue weighted by Gasteiger charge is 2.63. The van der Waals surface area contributed by atoms with Crippen LogP contribution in [0.25, 0.3) is 0 Å². The normalized spacial score (nSPS) is 19.6. The van der Waals surface area contributed by atoms with Gasteiger partial charge in [-0.3, -0.25) is 4.79 Å². The van der Waals surface area contributed by atoms with Gasteiger partial charge in [0.25, 0.3) is 11.6 Å². The lowest BCUT2D eigenvalue weighted by Gasteiger charge is -2.32. The predicted molar refractivity (Wildman–Crippen MR) is 103 cm³/mol. The van der Waals surface area contributed by atoms with Crippen molar-refractivity contribution in [2.24, 2.45) is 5.10 Å². The van der Waals surface area contributed by atoms with Crippen LogP contribution in [0.15, 0.2) is 59.7 Å². The van der Waals surface area contributed by atoms with Crippen LogP contribution >= 0.6 is 23.4 Å². The van der Waals surface area contributed by atoms with Gasteiger partial charge in [0, 0.05) is 10.8 Å². The van der Waals surface area contributed by atoms with Gasteiger partial charge >= 0.3 is 6.18 Å². The molecule has 1 amide bonds. The first-order valence-electron chi connectivity index (χ1n) is 8.28. The Morgan fingerprint density at radius 3 is 2.43 bits per heavy atom. The third-order valence-corrected chi connectivity index (χ3v) is 5.43. The second kappa shape index (κ2) is 8.14. The highest BCUT2D eigenvalue weighted by Crippen LogP contribution is 2.41. The minimum atomic E-state index is -5.05. The van der Waals surface area contributed by atoms with E-state index in [-0.39, 0.29) is 16.5 Å². The van der Waals surface area contributed by atoms with E-state index in [0.717, 1.165) is 17.3 Å². The second-order valence-corrected chi connectivity index (χ2v) is 7.65. The molecular formula is C19H16ClF3N2O2S. The summed E-state index contributed by atoms with van der Waals surface area (Å²) in [4.78, 5) is 12.4. The number of carbonyl (C=O) groups is 1. The maximum atomic E-state index is 13.6. The summed E-state index contributed by atoms with van der Waals surface area (Å²) in [5.41, 5.74) is -2.10. The van der Waals surface area contributed by atoms with Crippen molar-refractivity contribution in [1.29, 1.82) is 0 Å². The van der Waals surface area contributed by atoms with Crippen molar-refractivity contribution < 1.29 is 23.1 Å². The number of hydrogen-bond donors (Lipinski definition) is 1. The van der Waals surface area contributed by atoms with Gasteiger partial charge in [-0.1, -0.05) is 54.1 Å². The molecule has 1 aliphatic rings. The van der Waals surface area contributed by atoms with E-state index in [2.05, 4.69) is 5.10 Å². The van der Waals surface area contributed by atoms with Crippen LogP contribution in [0.1, 0.15) is 17.5 Å². The number of hydrazone groups is 1. The highest BCUT2D eigenvalue weighted by molar-refractivity contribution is 7.99. The van der Waals surface area contributed by atoms with Gasteiger partial charge in [0.2, 0.25) is 0 Å². The fourth-order valence-corrected chi connectivity index (χ4v) is 3.68. The number of carbonyl (C=O) groups excluding carboxylic acids is 1. The number of hydrogen-bond acceptors (Lipinski definition) is 4. The summed E-state index contributed by atoms with van der Waals surface area (Å²) >= 11 is 6.95. The number of alkyl halides is 3. The van der Waals surface area contributed by atoms with E-state index >= 15 is 0 Å². The van der Waals surface area contributed by atoms with Gasteiger partial charge in [-0.05, 0) is 23.3 Å². The monoisotopic (exact) mass is 428 g/mol. The Labute approximate surface area is 169 Å². The molecule has 0 saturated heterocycles. The van der Waals surface area contributed by atoms with Crippen LogP contribution in [0.3, 0.4) is 0 Å². The molecular weight excluding hydrogens is 413 g/mol. The van der Waals surface area contributed by atoms with Crippen LogP contribution < -0.4 is 0 Å². The van der Waals surface area contributed by atoms with Crippen molar-refractivity contribution in [2.75, 3.05) is 5.75 Å². The number of halogens is 4. The zero-order valence-corrected chi connectivity index (χ0v) is 16.1. The summed E-state index contributed by atoms with van der Waals surface area (Å²) < 4.78 is 40.7. The van der Waals surface area contributed by atoms with Crippen LogP contribution in [0, 0.1) is 0 Å². The van der Waals surface area contributed by atoms with Crippen molar-refractivity contribution in [3.63, 3.8) is 0 Å². The van der Waals surface area contributed by atoms with Gasteiger partial charge < -0.3 is 5.11 Å². The van der Waals surface area contributed by atoms with Gasteiger partial charge in [-0.2, -0.15) is 23.3 Å². The topological polar surface area (TPSA) is 52.9 Å². The first-order chi connectivity index (χ1) is 13.2. The molecule has 0 spiro atoms. The van der Waals surface area contributed by atoms with E-state index < -0.39 is 24.2 Å². The SMILES string of the molecule is O=C(CSCc1ccccc1)N1N=C(c2ccc(Cl)cc2)C[C@@]1(O)C(F)(F)F. The molecule has 28 heavy (non-hydrogen) atoms. The number of thioether (sulfide) groups is 1. The summed E-state index contributed by atoms with van der Waals surface area (Å²) in [6.45, 7) is 0. The number of amides is 1. The van der Waals surface area contributed by atoms with Gasteiger partial charge in [0.1, 0.15) is 0 Å². The lowest BCUT2D eigenvalue weighted by Crippen LogP contribution is -2.57. The Balaban J connectivity index is 1.77. The quantitative estimate of drug-likeness (QED) is 0.765. The summed E-state index contributed by atoms with van der Waals surface area (Å²) in [7, 11) is 0. The smallest absolute Gasteiger partial charge is 0.362 e. The van der Waals surface area contributed by atoms with E-state index in [1.165, 1.54) is 24.3 Å². The van der Waals surface area contributed by atoms with Crippen molar-refractivity contribution in [3.05, 3.63) is 70.7 Å². The molecule has 9 heteroatoms. The Morgan fingerprint density at radius 2 is 1.82 bits per heavy atom. The largest absolute Gasteiger partial charge is 0.438 e. The number of aliphatic hydroxyl groups is 1. The standard InChI is InChI=1S/C19H16ClF3N2O2S/c20-15-8-6-14(7-9-15)16-10-18(27,19(21,22)23)25(24-16)17(26)12-28-11-13-4-2-1-3-5-13/h1-9,27H,10-12H2/t18-/m1/s1. The Hall–Kier alpha value is -2.03. The fourth-order valence-electron chi connectivity index (χ4n) is 2.72. The summed E-state index contributed by atoms with van der Waals surface area (Å²) in [5.74, 6) is -0.701. The van der Waals surface area contributed by atoms with Gasteiger partial charge in [-0.25, -0.2) is 0 Å². The van der Waals surface area contributed by atoms with Gasteiger partial charge in [-0.15, -0.1) is 11.8 Å². The van der Waals surface area contributed by atoms with Crippen molar-refractivity contribution in [1.82, 2.24) is 5.01 Å². The first kappa shape index (κ1) is 20.7. The first-order valence-corrected chi connectivity index (χ1v) is 9.81. The van der Waals surface area contributed by atoms with E-state index in [1.807, 2.05) is 30.3 Å². The Kier molecular flexibility index (Phi) is 6.02. The van der Waals surface area contributed by atoms with Crippen LogP contribution in [-0.4, -0.2) is 39.4 Å². The lowest BCUT2D eigenvalue weighted by molar-refractivity contribution is -0.301. The average molecular weight is 429 g/mol. The molecule has 2 aromatic carbocycles. The zero-order chi connectivity index (χ0) is 20.4. The maximum absolute atomic E-state index is 13.6. The molecule has 0 fully saturated rings. The van der Waals surface area contributed by atoms with Crippen molar-refractivity contribution >= 4 is 35.0 Å². The fraction of sp³-hybridized carbons (Fsp3) is 0.263. The number of rotatable bonds is 5. The summed E-state index contributed by atoms with van der Waals surface area (Å²) in [6, 6.07) is 15.2. The van der Waals surface area contributed by atoms with E-state index in [0.29, 0.717) is 16.3 Å². The number of benzene rings is 2. The van der Waals surface area contributed by atoms with Crippen LogP contribution in [-0.2, 0) is 10.5 Å². The van der Waals surface area contributed by atoms with Crippen LogP contribution in [0.4, 0.5) is 13.2 Å². The van der Waals surface area contributed by atoms with Crippen molar-refractivity contribution in [3.8, 4) is 0 Å².